The lowest BCUT2D eigenvalue weighted by Gasteiger charge is -2.09. The van der Waals surface area contributed by atoms with Crippen molar-refractivity contribution in [3.63, 3.8) is 0 Å². The van der Waals surface area contributed by atoms with Crippen molar-refractivity contribution in [2.75, 3.05) is 138 Å². The summed E-state index contributed by atoms with van der Waals surface area (Å²) in [4.78, 5) is 0. The first-order valence-electron chi connectivity index (χ1n) is 15.7. The lowest BCUT2D eigenvalue weighted by atomic mass is 10.1. The third-order valence-electron chi connectivity index (χ3n) is 5.71. The van der Waals surface area contributed by atoms with Gasteiger partial charge in [0.1, 0.15) is 0 Å². The predicted octanol–water partition coefficient (Wildman–Crippen LogP) is 4.53. The Bertz CT molecular complexity index is 413. The van der Waals surface area contributed by atoms with Crippen LogP contribution >= 0.6 is 11.6 Å². The Labute approximate surface area is 255 Å². The first-order valence-corrected chi connectivity index (χ1v) is 16.3. The van der Waals surface area contributed by atoms with Crippen molar-refractivity contribution < 1.29 is 47.4 Å². The molecule has 0 heterocycles. The Morgan fingerprint density at radius 2 is 0.488 bits per heavy atom. The van der Waals surface area contributed by atoms with E-state index in [0.29, 0.717) is 131 Å². The van der Waals surface area contributed by atoms with Crippen LogP contribution in [-0.2, 0) is 47.4 Å². The van der Waals surface area contributed by atoms with Gasteiger partial charge < -0.3 is 47.4 Å². The van der Waals surface area contributed by atoms with Gasteiger partial charge in [0.2, 0.25) is 0 Å². The van der Waals surface area contributed by atoms with Crippen molar-refractivity contribution in [1.29, 1.82) is 0 Å². The van der Waals surface area contributed by atoms with Crippen LogP contribution in [0.1, 0.15) is 58.3 Å². The molecule has 11 heteroatoms. The van der Waals surface area contributed by atoms with Crippen LogP contribution < -0.4 is 0 Å². The monoisotopic (exact) mass is 616 g/mol. The minimum Gasteiger partial charge on any atom is -0.379 e. The van der Waals surface area contributed by atoms with E-state index in [9.17, 15) is 0 Å². The molecule has 0 spiro atoms. The van der Waals surface area contributed by atoms with Gasteiger partial charge in [-0.25, -0.2) is 0 Å². The van der Waals surface area contributed by atoms with Gasteiger partial charge in [0.05, 0.1) is 126 Å². The van der Waals surface area contributed by atoms with Crippen molar-refractivity contribution in [1.82, 2.24) is 0 Å². The topological polar surface area (TPSA) is 92.3 Å². The van der Waals surface area contributed by atoms with Crippen LogP contribution in [0.3, 0.4) is 0 Å². The maximum Gasteiger partial charge on any atom is 0.0701 e. The fraction of sp³-hybridized carbons (Fsp3) is 1.00. The molecule has 0 unspecified atom stereocenters. The van der Waals surface area contributed by atoms with Gasteiger partial charge in [0.15, 0.2) is 0 Å². The molecular formula is C30H61ClO10. The Hall–Kier alpha value is -0.110. The van der Waals surface area contributed by atoms with E-state index in [1.165, 1.54) is 44.9 Å². The molecule has 0 saturated heterocycles. The van der Waals surface area contributed by atoms with Gasteiger partial charge in [0.25, 0.3) is 0 Å². The van der Waals surface area contributed by atoms with Crippen LogP contribution in [0.4, 0.5) is 0 Å². The zero-order valence-electron chi connectivity index (χ0n) is 26.0. The summed E-state index contributed by atoms with van der Waals surface area (Å²) in [5.41, 5.74) is 0. The van der Waals surface area contributed by atoms with Crippen LogP contribution in [0.15, 0.2) is 0 Å². The second-order valence-corrected chi connectivity index (χ2v) is 9.67. The fourth-order valence-corrected chi connectivity index (χ4v) is 3.58. The second-order valence-electron chi connectivity index (χ2n) is 9.29. The molecular weight excluding hydrogens is 556 g/mol. The Morgan fingerprint density at radius 3 is 0.756 bits per heavy atom. The highest BCUT2D eigenvalue weighted by Gasteiger charge is 1.96. The molecule has 0 saturated carbocycles. The molecule has 0 bridgehead atoms. The molecule has 0 aliphatic heterocycles. The first-order chi connectivity index (χ1) is 20.4. The number of halogens is 1. The second kappa shape index (κ2) is 39.9. The molecule has 41 heavy (non-hydrogen) atoms. The molecule has 0 amide bonds. The lowest BCUT2D eigenvalue weighted by molar-refractivity contribution is -0.0263. The molecule has 0 N–H and O–H groups in total. The van der Waals surface area contributed by atoms with Crippen LogP contribution in [0.5, 0.6) is 0 Å². The number of hydrogen-bond acceptors (Lipinski definition) is 10. The number of unbranched alkanes of at least 4 members (excludes halogenated alkanes) is 7. The first kappa shape index (κ1) is 40.9. The van der Waals surface area contributed by atoms with Crippen LogP contribution in [0.25, 0.3) is 0 Å². The zero-order valence-corrected chi connectivity index (χ0v) is 26.7. The van der Waals surface area contributed by atoms with E-state index in [4.69, 9.17) is 59.0 Å². The summed E-state index contributed by atoms with van der Waals surface area (Å²) < 4.78 is 54.5. The minimum absolute atomic E-state index is 0.503. The van der Waals surface area contributed by atoms with Crippen molar-refractivity contribution >= 4 is 11.6 Å². The van der Waals surface area contributed by atoms with Crippen molar-refractivity contribution in [3.05, 3.63) is 0 Å². The fourth-order valence-electron chi connectivity index (χ4n) is 3.47. The van der Waals surface area contributed by atoms with E-state index in [1.807, 2.05) is 0 Å². The molecule has 0 aromatic rings. The smallest absolute Gasteiger partial charge is 0.0701 e. The van der Waals surface area contributed by atoms with E-state index in [2.05, 4.69) is 6.92 Å². The Kier molecular flexibility index (Phi) is 39.8. The normalized spacial score (nSPS) is 11.6. The molecule has 0 radical (unpaired) electrons. The van der Waals surface area contributed by atoms with Gasteiger partial charge in [-0.3, -0.25) is 0 Å². The molecule has 0 rings (SSSR count). The third kappa shape index (κ3) is 39.9. The van der Waals surface area contributed by atoms with E-state index >= 15 is 0 Å². The van der Waals surface area contributed by atoms with E-state index in [1.54, 1.807) is 0 Å². The highest BCUT2D eigenvalue weighted by Crippen LogP contribution is 2.08. The summed E-state index contributed by atoms with van der Waals surface area (Å²) >= 11 is 5.51. The van der Waals surface area contributed by atoms with Gasteiger partial charge in [-0.05, 0) is 6.42 Å². The van der Waals surface area contributed by atoms with Crippen LogP contribution in [0, 0.1) is 0 Å². The third-order valence-corrected chi connectivity index (χ3v) is 5.87. The van der Waals surface area contributed by atoms with Gasteiger partial charge in [-0.2, -0.15) is 0 Å². The van der Waals surface area contributed by atoms with Gasteiger partial charge in [-0.1, -0.05) is 51.9 Å². The summed E-state index contributed by atoms with van der Waals surface area (Å²) in [6.07, 6.45) is 10.5. The maximum absolute atomic E-state index is 5.61. The van der Waals surface area contributed by atoms with Gasteiger partial charge >= 0.3 is 0 Å². The molecule has 0 atom stereocenters. The number of alkyl halides is 1. The van der Waals surface area contributed by atoms with E-state index in [0.717, 1.165) is 13.0 Å². The highest BCUT2D eigenvalue weighted by molar-refractivity contribution is 6.17. The van der Waals surface area contributed by atoms with Crippen molar-refractivity contribution in [2.24, 2.45) is 0 Å². The maximum atomic E-state index is 5.61. The standard InChI is InChI=1S/C30H61ClO10/c1-2-3-4-5-6-7-8-9-11-32-13-15-34-17-19-36-21-23-38-25-27-40-29-30-41-28-26-39-24-22-37-20-18-35-16-14-33-12-10-31/h2-30H2,1H3. The van der Waals surface area contributed by atoms with Crippen molar-refractivity contribution in [3.8, 4) is 0 Å². The highest BCUT2D eigenvalue weighted by atomic mass is 35.5. The summed E-state index contributed by atoms with van der Waals surface area (Å²) in [7, 11) is 0. The van der Waals surface area contributed by atoms with Gasteiger partial charge in [-0.15, -0.1) is 11.6 Å². The average Bonchev–Trinajstić information content (AvgIpc) is 2.98. The summed E-state index contributed by atoms with van der Waals surface area (Å²) in [6, 6.07) is 0. The Balaban J connectivity index is 3.02. The molecule has 0 aromatic carbocycles. The summed E-state index contributed by atoms with van der Waals surface area (Å²) in [6.45, 7) is 13.5. The van der Waals surface area contributed by atoms with Crippen LogP contribution in [-0.4, -0.2) is 138 Å². The molecule has 0 aliphatic rings. The molecule has 0 aromatic heterocycles. The van der Waals surface area contributed by atoms with Crippen molar-refractivity contribution in [2.45, 2.75) is 58.3 Å². The number of ether oxygens (including phenoxy) is 10. The molecule has 0 aliphatic carbocycles. The SMILES string of the molecule is CCCCCCCCCCOCCOCCOCCOCCOCCOCCOCCOCCOCCOCCCl. The molecule has 10 nitrogen and oxygen atoms in total. The number of rotatable bonds is 38. The number of hydrogen-bond donors (Lipinski definition) is 0. The Morgan fingerprint density at radius 1 is 0.268 bits per heavy atom. The largest absolute Gasteiger partial charge is 0.379 e. The van der Waals surface area contributed by atoms with Crippen LogP contribution in [0.2, 0.25) is 0 Å². The van der Waals surface area contributed by atoms with E-state index in [-0.39, 0.29) is 0 Å². The summed E-state index contributed by atoms with van der Waals surface area (Å²) in [5.74, 6) is 0.503. The average molecular weight is 617 g/mol. The molecule has 248 valence electrons. The zero-order chi connectivity index (χ0) is 29.6. The molecule has 0 fully saturated rings. The van der Waals surface area contributed by atoms with Gasteiger partial charge in [0, 0.05) is 12.5 Å². The minimum atomic E-state index is 0.503. The van der Waals surface area contributed by atoms with E-state index < -0.39 is 0 Å². The lowest BCUT2D eigenvalue weighted by Crippen LogP contribution is -2.15. The predicted molar refractivity (Wildman–Crippen MR) is 162 cm³/mol. The summed E-state index contributed by atoms with van der Waals surface area (Å²) in [5, 5.41) is 0. The quantitative estimate of drug-likeness (QED) is 0.0727.